The first-order valence-corrected chi connectivity index (χ1v) is 5.54. The number of nitrogens with zero attached hydrogens (tertiary/aromatic N) is 1. The predicted molar refractivity (Wildman–Crippen MR) is 60.5 cm³/mol. The van der Waals surface area contributed by atoms with Crippen LogP contribution >= 0.6 is 15.9 Å². The third-order valence-electron chi connectivity index (χ3n) is 2.47. The van der Waals surface area contributed by atoms with Crippen LogP contribution in [0, 0.1) is 11.3 Å². The number of nitrogens with two attached hydrogens (primary N) is 1. The van der Waals surface area contributed by atoms with Crippen molar-refractivity contribution in [2.45, 2.75) is 18.4 Å². The Labute approximate surface area is 97.0 Å². The second-order valence-corrected chi connectivity index (χ2v) is 4.82. The van der Waals surface area contributed by atoms with Crippen LogP contribution < -0.4 is 10.5 Å². The largest absolute Gasteiger partial charge is 0.490 e. The van der Waals surface area contributed by atoms with Gasteiger partial charge in [-0.2, -0.15) is 5.26 Å². The molecule has 1 saturated carbocycles. The zero-order chi connectivity index (χ0) is 10.9. The lowest BCUT2D eigenvalue weighted by atomic mass is 10.2. The lowest BCUT2D eigenvalue weighted by Crippen LogP contribution is -2.29. The number of hydrogen-bond donors (Lipinski definition) is 1. The minimum absolute atomic E-state index is 0.158. The molecule has 0 aliphatic heterocycles. The van der Waals surface area contributed by atoms with Crippen LogP contribution in [0.15, 0.2) is 22.7 Å². The maximum absolute atomic E-state index is 8.88. The Morgan fingerprint density at radius 3 is 2.87 bits per heavy atom. The molecule has 0 heterocycles. The summed E-state index contributed by atoms with van der Waals surface area (Å²) in [5, 5.41) is 8.88. The molecule has 0 atom stereocenters. The summed E-state index contributed by atoms with van der Waals surface area (Å²) in [5.41, 5.74) is 6.29. The molecular formula is C11H11BrN2O. The van der Waals surface area contributed by atoms with Gasteiger partial charge in [-0.25, -0.2) is 0 Å². The van der Waals surface area contributed by atoms with Gasteiger partial charge in [0.15, 0.2) is 0 Å². The highest BCUT2D eigenvalue weighted by Gasteiger charge is 2.39. The topological polar surface area (TPSA) is 59.0 Å². The molecule has 0 amide bonds. The third kappa shape index (κ3) is 2.49. The summed E-state index contributed by atoms with van der Waals surface area (Å²) in [7, 11) is 0. The van der Waals surface area contributed by atoms with E-state index in [0.29, 0.717) is 17.9 Å². The SMILES string of the molecule is N#Cc1ccc(Br)cc1OCC1(N)CC1. The van der Waals surface area contributed by atoms with Crippen LogP contribution in [0.1, 0.15) is 18.4 Å². The van der Waals surface area contributed by atoms with Crippen molar-refractivity contribution < 1.29 is 4.74 Å². The van der Waals surface area contributed by atoms with Crippen LogP contribution in [0.25, 0.3) is 0 Å². The molecule has 15 heavy (non-hydrogen) atoms. The first-order valence-electron chi connectivity index (χ1n) is 4.74. The van der Waals surface area contributed by atoms with Crippen LogP contribution in [-0.4, -0.2) is 12.1 Å². The molecule has 1 aliphatic carbocycles. The zero-order valence-electron chi connectivity index (χ0n) is 8.16. The maximum atomic E-state index is 8.88. The van der Waals surface area contributed by atoms with Gasteiger partial charge in [0.1, 0.15) is 18.4 Å². The minimum atomic E-state index is -0.158. The maximum Gasteiger partial charge on any atom is 0.138 e. The van der Waals surface area contributed by atoms with Crippen LogP contribution in [0.2, 0.25) is 0 Å². The van der Waals surface area contributed by atoms with Gasteiger partial charge in [0, 0.05) is 4.47 Å². The number of benzene rings is 1. The Bertz CT molecular complexity index is 421. The van der Waals surface area contributed by atoms with E-state index >= 15 is 0 Å². The van der Waals surface area contributed by atoms with Gasteiger partial charge in [0.05, 0.1) is 11.1 Å². The molecule has 2 N–H and O–H groups in total. The van der Waals surface area contributed by atoms with E-state index in [0.717, 1.165) is 17.3 Å². The van der Waals surface area contributed by atoms with Crippen LogP contribution in [0.4, 0.5) is 0 Å². The van der Waals surface area contributed by atoms with Crippen molar-refractivity contribution in [3.8, 4) is 11.8 Å². The van der Waals surface area contributed by atoms with Crippen molar-refractivity contribution >= 4 is 15.9 Å². The molecule has 1 aromatic carbocycles. The van der Waals surface area contributed by atoms with Crippen molar-refractivity contribution in [3.05, 3.63) is 28.2 Å². The van der Waals surface area contributed by atoms with Crippen LogP contribution in [-0.2, 0) is 0 Å². The van der Waals surface area contributed by atoms with Gasteiger partial charge in [0.25, 0.3) is 0 Å². The molecule has 0 saturated heterocycles. The second-order valence-electron chi connectivity index (χ2n) is 3.90. The van der Waals surface area contributed by atoms with E-state index in [1.165, 1.54) is 0 Å². The fraction of sp³-hybridized carbons (Fsp3) is 0.364. The van der Waals surface area contributed by atoms with E-state index in [4.69, 9.17) is 15.7 Å². The number of nitriles is 1. The van der Waals surface area contributed by atoms with Gasteiger partial charge in [-0.3, -0.25) is 0 Å². The molecule has 1 fully saturated rings. The summed E-state index contributed by atoms with van der Waals surface area (Å²) in [4.78, 5) is 0. The molecule has 3 nitrogen and oxygen atoms in total. The monoisotopic (exact) mass is 266 g/mol. The Hall–Kier alpha value is -1.05. The summed E-state index contributed by atoms with van der Waals surface area (Å²) < 4.78 is 6.46. The number of rotatable bonds is 3. The summed E-state index contributed by atoms with van der Waals surface area (Å²) in [5.74, 6) is 0.601. The van der Waals surface area contributed by atoms with Crippen molar-refractivity contribution in [2.24, 2.45) is 5.73 Å². The molecule has 0 unspecified atom stereocenters. The molecule has 4 heteroatoms. The molecule has 0 bridgehead atoms. The van der Waals surface area contributed by atoms with Gasteiger partial charge in [0.2, 0.25) is 0 Å². The summed E-state index contributed by atoms with van der Waals surface area (Å²) in [6, 6.07) is 7.44. The third-order valence-corrected chi connectivity index (χ3v) is 2.96. The highest BCUT2D eigenvalue weighted by Crippen LogP contribution is 2.33. The average Bonchev–Trinajstić information content (AvgIpc) is 2.95. The second kappa shape index (κ2) is 3.84. The Balaban J connectivity index is 2.12. The van der Waals surface area contributed by atoms with E-state index in [2.05, 4.69) is 22.0 Å². The predicted octanol–water partition coefficient (Wildman–Crippen LogP) is 2.19. The van der Waals surface area contributed by atoms with Crippen LogP contribution in [0.3, 0.4) is 0 Å². The van der Waals surface area contributed by atoms with Crippen molar-refractivity contribution in [3.63, 3.8) is 0 Å². The number of halogens is 1. The van der Waals surface area contributed by atoms with E-state index in [-0.39, 0.29) is 5.54 Å². The zero-order valence-corrected chi connectivity index (χ0v) is 9.75. The fourth-order valence-electron chi connectivity index (χ4n) is 1.23. The highest BCUT2D eigenvalue weighted by molar-refractivity contribution is 9.10. The smallest absolute Gasteiger partial charge is 0.138 e. The average molecular weight is 267 g/mol. The summed E-state index contributed by atoms with van der Waals surface area (Å²) >= 11 is 3.34. The normalized spacial score (nSPS) is 16.9. The van der Waals surface area contributed by atoms with Gasteiger partial charge in [-0.15, -0.1) is 0 Å². The Morgan fingerprint density at radius 2 is 2.27 bits per heavy atom. The first kappa shape index (κ1) is 10.5. The van der Waals surface area contributed by atoms with Gasteiger partial charge < -0.3 is 10.5 Å². The molecule has 0 radical (unpaired) electrons. The van der Waals surface area contributed by atoms with Crippen molar-refractivity contribution in [2.75, 3.05) is 6.61 Å². The van der Waals surface area contributed by atoms with E-state index < -0.39 is 0 Å². The first-order chi connectivity index (χ1) is 7.13. The molecule has 0 spiro atoms. The molecule has 0 aromatic heterocycles. The van der Waals surface area contributed by atoms with E-state index in [1.54, 1.807) is 12.1 Å². The minimum Gasteiger partial charge on any atom is -0.490 e. The van der Waals surface area contributed by atoms with Crippen LogP contribution in [0.5, 0.6) is 5.75 Å². The fourth-order valence-corrected chi connectivity index (χ4v) is 1.57. The summed E-state index contributed by atoms with van der Waals surface area (Å²) in [6.07, 6.45) is 2.01. The van der Waals surface area contributed by atoms with Gasteiger partial charge >= 0.3 is 0 Å². The van der Waals surface area contributed by atoms with Crippen molar-refractivity contribution in [1.82, 2.24) is 0 Å². The standard InChI is InChI=1S/C11H11BrN2O/c12-9-2-1-8(6-13)10(5-9)15-7-11(14)3-4-11/h1-2,5H,3-4,7,14H2. The van der Waals surface area contributed by atoms with Crippen molar-refractivity contribution in [1.29, 1.82) is 5.26 Å². The molecule has 1 aliphatic rings. The molecular weight excluding hydrogens is 256 g/mol. The lowest BCUT2D eigenvalue weighted by molar-refractivity contribution is 0.278. The molecule has 1 aromatic rings. The van der Waals surface area contributed by atoms with E-state index in [9.17, 15) is 0 Å². The number of ether oxygens (including phenoxy) is 1. The Kier molecular flexibility index (Phi) is 2.68. The lowest BCUT2D eigenvalue weighted by Gasteiger charge is -2.12. The molecule has 78 valence electrons. The quantitative estimate of drug-likeness (QED) is 0.913. The van der Waals surface area contributed by atoms with Gasteiger partial charge in [-0.05, 0) is 31.0 Å². The Morgan fingerprint density at radius 1 is 1.53 bits per heavy atom. The molecule has 2 rings (SSSR count). The summed E-state index contributed by atoms with van der Waals surface area (Å²) in [6.45, 7) is 0.484. The van der Waals surface area contributed by atoms with E-state index in [1.807, 2.05) is 6.07 Å². The highest BCUT2D eigenvalue weighted by atomic mass is 79.9. The number of hydrogen-bond acceptors (Lipinski definition) is 3. The van der Waals surface area contributed by atoms with Gasteiger partial charge in [-0.1, -0.05) is 15.9 Å².